The zero-order valence-corrected chi connectivity index (χ0v) is 33.1. The van der Waals surface area contributed by atoms with E-state index in [-0.39, 0.29) is 0 Å². The molecule has 286 valence electrons. The third-order valence-electron chi connectivity index (χ3n) is 12.1. The van der Waals surface area contributed by atoms with Crippen LogP contribution in [0.2, 0.25) is 0 Å². The van der Waals surface area contributed by atoms with Gasteiger partial charge >= 0.3 is 0 Å². The van der Waals surface area contributed by atoms with Crippen molar-refractivity contribution >= 4 is 71.7 Å². The predicted molar refractivity (Wildman–Crippen MR) is 255 cm³/mol. The average molecular weight is 780 g/mol. The highest BCUT2D eigenvalue weighted by Crippen LogP contribution is 2.45. The molecule has 0 N–H and O–H groups in total. The number of nitrogens with zero attached hydrogens (tertiary/aromatic N) is 1. The van der Waals surface area contributed by atoms with E-state index in [9.17, 15) is 0 Å². The number of para-hydroxylation sites is 2. The van der Waals surface area contributed by atoms with Crippen molar-refractivity contribution in [2.75, 3.05) is 4.90 Å². The van der Waals surface area contributed by atoms with E-state index in [2.05, 4.69) is 211 Å². The maximum atomic E-state index is 6.56. The standard InChI is InChI=1S/C58H37NO2/c1-3-13-38(14-4-1)40-25-30-44(31-26-40)59(46-18-11-17-42(35-46)39-15-5-2-6-16-39)45-32-27-41(28-33-45)43-29-34-48-51(36-43)52(37-56-58(48)50-20-8-10-23-54(50)61-56)47-21-12-24-55-57(47)49-19-7-9-22-53(49)60-55/h1-37H. The summed E-state index contributed by atoms with van der Waals surface area (Å²) in [5, 5.41) is 6.78. The number of anilines is 3. The fourth-order valence-corrected chi connectivity index (χ4v) is 9.18. The summed E-state index contributed by atoms with van der Waals surface area (Å²) in [6.45, 7) is 0. The lowest BCUT2D eigenvalue weighted by molar-refractivity contribution is 0.668. The third kappa shape index (κ3) is 5.98. The van der Waals surface area contributed by atoms with Crippen LogP contribution >= 0.6 is 0 Å². The van der Waals surface area contributed by atoms with E-state index in [1.165, 1.54) is 22.3 Å². The van der Waals surface area contributed by atoms with Crippen LogP contribution in [0.3, 0.4) is 0 Å². The van der Waals surface area contributed by atoms with Gasteiger partial charge in [0.15, 0.2) is 0 Å². The number of benzene rings is 10. The molecule has 0 unspecified atom stereocenters. The predicted octanol–water partition coefficient (Wildman–Crippen LogP) is 16.8. The first-order valence-electron chi connectivity index (χ1n) is 20.7. The highest BCUT2D eigenvalue weighted by atomic mass is 16.3. The molecule has 0 saturated carbocycles. The van der Waals surface area contributed by atoms with Gasteiger partial charge in [0, 0.05) is 38.6 Å². The molecule has 0 atom stereocenters. The van der Waals surface area contributed by atoms with E-state index in [1.807, 2.05) is 18.2 Å². The molecule has 0 saturated heterocycles. The Bertz CT molecular complexity index is 3560. The molecule has 2 heterocycles. The summed E-state index contributed by atoms with van der Waals surface area (Å²) < 4.78 is 12.9. The van der Waals surface area contributed by atoms with Gasteiger partial charge in [0.25, 0.3) is 0 Å². The second-order valence-corrected chi connectivity index (χ2v) is 15.6. The lowest BCUT2D eigenvalue weighted by Crippen LogP contribution is -2.10. The smallest absolute Gasteiger partial charge is 0.136 e. The lowest BCUT2D eigenvalue weighted by atomic mass is 9.90. The second kappa shape index (κ2) is 14.3. The number of hydrogen-bond acceptors (Lipinski definition) is 3. The monoisotopic (exact) mass is 779 g/mol. The summed E-state index contributed by atoms with van der Waals surface area (Å²) >= 11 is 0. The number of fused-ring (bicyclic) bond motifs is 8. The molecule has 10 aromatic carbocycles. The molecule has 61 heavy (non-hydrogen) atoms. The first-order valence-corrected chi connectivity index (χ1v) is 20.7. The minimum Gasteiger partial charge on any atom is -0.456 e. The maximum Gasteiger partial charge on any atom is 0.136 e. The quantitative estimate of drug-likeness (QED) is 0.161. The molecule has 3 heteroatoms. The third-order valence-corrected chi connectivity index (χ3v) is 12.1. The van der Waals surface area contributed by atoms with Gasteiger partial charge in [0.1, 0.15) is 22.3 Å². The Morgan fingerprint density at radius 2 is 0.738 bits per heavy atom. The van der Waals surface area contributed by atoms with Crippen LogP contribution in [-0.2, 0) is 0 Å². The molecule has 12 aromatic rings. The molecule has 0 aliphatic rings. The van der Waals surface area contributed by atoms with Crippen molar-refractivity contribution in [3.63, 3.8) is 0 Å². The van der Waals surface area contributed by atoms with E-state index < -0.39 is 0 Å². The van der Waals surface area contributed by atoms with Gasteiger partial charge in [-0.1, -0.05) is 158 Å². The van der Waals surface area contributed by atoms with E-state index in [4.69, 9.17) is 8.83 Å². The van der Waals surface area contributed by atoms with Crippen LogP contribution in [0.1, 0.15) is 0 Å². The van der Waals surface area contributed by atoms with E-state index >= 15 is 0 Å². The summed E-state index contributed by atoms with van der Waals surface area (Å²) in [6.07, 6.45) is 0. The van der Waals surface area contributed by atoms with E-state index in [0.717, 1.165) is 94.0 Å². The van der Waals surface area contributed by atoms with Gasteiger partial charge in [0.05, 0.1) is 0 Å². The van der Waals surface area contributed by atoms with Crippen molar-refractivity contribution in [1.29, 1.82) is 0 Å². The molecule has 0 fully saturated rings. The second-order valence-electron chi connectivity index (χ2n) is 15.6. The Hall–Kier alpha value is -8.14. The maximum absolute atomic E-state index is 6.56. The van der Waals surface area contributed by atoms with Crippen LogP contribution in [0.15, 0.2) is 233 Å². The van der Waals surface area contributed by atoms with Crippen LogP contribution < -0.4 is 4.90 Å². The molecule has 3 nitrogen and oxygen atoms in total. The summed E-state index contributed by atoms with van der Waals surface area (Å²) in [4.78, 5) is 2.35. The van der Waals surface area contributed by atoms with Crippen LogP contribution in [0, 0.1) is 0 Å². The number of hydrogen-bond donors (Lipinski definition) is 0. The Morgan fingerprint density at radius 3 is 1.43 bits per heavy atom. The summed E-state index contributed by atoms with van der Waals surface area (Å²) in [5.41, 5.74) is 16.0. The Morgan fingerprint density at radius 1 is 0.246 bits per heavy atom. The molecule has 0 aliphatic carbocycles. The largest absolute Gasteiger partial charge is 0.456 e. The van der Waals surface area contributed by atoms with E-state index in [0.29, 0.717) is 0 Å². The number of rotatable bonds is 7. The molecular formula is C58H37NO2. The zero-order valence-electron chi connectivity index (χ0n) is 33.1. The summed E-state index contributed by atoms with van der Waals surface area (Å²) in [7, 11) is 0. The van der Waals surface area contributed by atoms with Crippen LogP contribution in [0.5, 0.6) is 0 Å². The highest BCUT2D eigenvalue weighted by Gasteiger charge is 2.20. The molecule has 2 aromatic heterocycles. The van der Waals surface area contributed by atoms with Gasteiger partial charge in [-0.2, -0.15) is 0 Å². The summed E-state index contributed by atoms with van der Waals surface area (Å²) in [6, 6.07) is 79.9. The van der Waals surface area contributed by atoms with Crippen LogP contribution in [0.25, 0.3) is 99.2 Å². The Kier molecular flexibility index (Phi) is 8.17. The first kappa shape index (κ1) is 34.9. The topological polar surface area (TPSA) is 29.5 Å². The minimum absolute atomic E-state index is 0.872. The minimum atomic E-state index is 0.872. The molecule has 0 spiro atoms. The van der Waals surface area contributed by atoms with Gasteiger partial charge in [-0.15, -0.1) is 0 Å². The summed E-state index contributed by atoms with van der Waals surface area (Å²) in [5.74, 6) is 0. The Labute approximate surface area is 353 Å². The molecule has 0 bridgehead atoms. The van der Waals surface area contributed by atoms with Gasteiger partial charge in [-0.3, -0.25) is 0 Å². The van der Waals surface area contributed by atoms with Crippen molar-refractivity contribution in [2.45, 2.75) is 0 Å². The van der Waals surface area contributed by atoms with E-state index in [1.54, 1.807) is 0 Å². The molecule has 0 amide bonds. The van der Waals surface area contributed by atoms with Crippen molar-refractivity contribution < 1.29 is 8.83 Å². The van der Waals surface area contributed by atoms with Crippen LogP contribution in [-0.4, -0.2) is 0 Å². The zero-order chi connectivity index (χ0) is 40.3. The van der Waals surface area contributed by atoms with Crippen molar-refractivity contribution in [1.82, 2.24) is 0 Å². The van der Waals surface area contributed by atoms with Gasteiger partial charge < -0.3 is 13.7 Å². The van der Waals surface area contributed by atoms with Crippen molar-refractivity contribution in [3.8, 4) is 44.5 Å². The molecule has 0 radical (unpaired) electrons. The Balaban J connectivity index is 1.00. The molecule has 0 aliphatic heterocycles. The van der Waals surface area contributed by atoms with Gasteiger partial charge in [-0.25, -0.2) is 0 Å². The average Bonchev–Trinajstić information content (AvgIpc) is 3.91. The molecular weight excluding hydrogens is 743 g/mol. The van der Waals surface area contributed by atoms with Crippen LogP contribution in [0.4, 0.5) is 17.1 Å². The number of furan rings is 2. The fraction of sp³-hybridized carbons (Fsp3) is 0. The van der Waals surface area contributed by atoms with Crippen molar-refractivity contribution in [2.24, 2.45) is 0 Å². The van der Waals surface area contributed by atoms with Gasteiger partial charge in [0.2, 0.25) is 0 Å². The van der Waals surface area contributed by atoms with Gasteiger partial charge in [-0.05, 0) is 122 Å². The highest BCUT2D eigenvalue weighted by molar-refractivity contribution is 6.24. The molecule has 12 rings (SSSR count). The first-order chi connectivity index (χ1) is 30.2. The fourth-order valence-electron chi connectivity index (χ4n) is 9.18. The SMILES string of the molecule is c1ccc(-c2ccc(N(c3ccc(-c4ccc5c(c4)c(-c4cccc6oc7ccccc7c46)cc4oc6ccccc6c45)cc3)c3cccc(-c4ccccc4)c3)cc2)cc1. The van der Waals surface area contributed by atoms with Crippen molar-refractivity contribution in [3.05, 3.63) is 224 Å². The lowest BCUT2D eigenvalue weighted by Gasteiger charge is -2.26. The normalized spacial score (nSPS) is 11.6.